The van der Waals surface area contributed by atoms with Crippen molar-refractivity contribution in [2.75, 3.05) is 0 Å². The number of hydrogen-bond acceptors (Lipinski definition) is 4. The third-order valence-corrected chi connectivity index (χ3v) is 1.33. The van der Waals surface area contributed by atoms with E-state index in [1.807, 2.05) is 72.8 Å². The Kier molecular flexibility index (Phi) is 108. The van der Waals surface area contributed by atoms with Gasteiger partial charge in [-0.05, 0) is 0 Å². The lowest BCUT2D eigenvalue weighted by molar-refractivity contribution is 1.72. The summed E-state index contributed by atoms with van der Waals surface area (Å²) in [5.41, 5.74) is 0. The lowest BCUT2D eigenvalue weighted by atomic mass is 10.4. The average molecular weight is 370 g/mol. The van der Waals surface area contributed by atoms with Gasteiger partial charge in [0.25, 0.3) is 0 Å². The number of benzene rings is 2. The van der Waals surface area contributed by atoms with Crippen LogP contribution in [-0.2, 0) is 0 Å². The van der Waals surface area contributed by atoms with Gasteiger partial charge < -0.3 is 24.6 Å². The fourth-order valence-corrected chi connectivity index (χ4v) is 0.770. The molecule has 12 N–H and O–H groups in total. The van der Waals surface area contributed by atoms with Crippen molar-refractivity contribution in [1.29, 1.82) is 0 Å². The molecule has 20 heavy (non-hydrogen) atoms. The van der Waals surface area contributed by atoms with E-state index < -0.39 is 0 Å². The molecule has 0 bridgehead atoms. The van der Waals surface area contributed by atoms with Gasteiger partial charge in [-0.15, -0.1) is 49.6 Å². The van der Waals surface area contributed by atoms with Crippen LogP contribution >= 0.6 is 49.6 Å². The standard InChI is InChI=1S/2C6H6.4ClH.4H3N/c2*1-2-4-6-5-3-1;;;;;;;;/h2*1-6H;4*1H;4*1H3. The van der Waals surface area contributed by atoms with E-state index >= 15 is 0 Å². The Morgan fingerprint density at radius 1 is 0.200 bits per heavy atom. The van der Waals surface area contributed by atoms with Gasteiger partial charge in [0, 0.05) is 0 Å². The lowest BCUT2D eigenvalue weighted by Gasteiger charge is -1.69. The van der Waals surface area contributed by atoms with Crippen LogP contribution in [0.5, 0.6) is 0 Å². The Labute approximate surface area is 147 Å². The highest BCUT2D eigenvalue weighted by Crippen LogP contribution is 1.80. The molecule has 0 aliphatic heterocycles. The Morgan fingerprint density at radius 3 is 0.300 bits per heavy atom. The van der Waals surface area contributed by atoms with E-state index in [1.54, 1.807) is 0 Å². The number of rotatable bonds is 0. The van der Waals surface area contributed by atoms with Crippen molar-refractivity contribution in [2.45, 2.75) is 0 Å². The molecule has 4 nitrogen and oxygen atoms in total. The van der Waals surface area contributed by atoms with Crippen molar-refractivity contribution in [3.05, 3.63) is 72.8 Å². The molecule has 0 heterocycles. The molecule has 0 radical (unpaired) electrons. The first kappa shape index (κ1) is 50.5. The normalized spacial score (nSPS) is 4.80. The van der Waals surface area contributed by atoms with Crippen molar-refractivity contribution >= 4 is 49.6 Å². The fourth-order valence-electron chi connectivity index (χ4n) is 0.770. The molecule has 0 aliphatic rings. The summed E-state index contributed by atoms with van der Waals surface area (Å²) in [6.45, 7) is 0. The van der Waals surface area contributed by atoms with Gasteiger partial charge in [-0.3, -0.25) is 0 Å². The minimum absolute atomic E-state index is 0. The van der Waals surface area contributed by atoms with Gasteiger partial charge in [-0.2, -0.15) is 0 Å². The molecule has 2 rings (SSSR count). The zero-order valence-electron chi connectivity index (χ0n) is 11.4. The summed E-state index contributed by atoms with van der Waals surface area (Å²) < 4.78 is 0. The van der Waals surface area contributed by atoms with Crippen LogP contribution in [0.4, 0.5) is 0 Å². The minimum Gasteiger partial charge on any atom is -0.344 e. The third-order valence-electron chi connectivity index (χ3n) is 1.33. The molecular formula is C12H28Cl4N4. The van der Waals surface area contributed by atoms with Crippen LogP contribution in [0.2, 0.25) is 0 Å². The maximum Gasteiger partial charge on any atom is -0.0623 e. The molecule has 0 saturated carbocycles. The second-order valence-corrected chi connectivity index (χ2v) is 2.31. The van der Waals surface area contributed by atoms with Gasteiger partial charge >= 0.3 is 0 Å². The topological polar surface area (TPSA) is 140 Å². The van der Waals surface area contributed by atoms with E-state index in [0.717, 1.165) is 0 Å². The van der Waals surface area contributed by atoms with Crippen molar-refractivity contribution in [2.24, 2.45) is 0 Å². The predicted molar refractivity (Wildman–Crippen MR) is 102 cm³/mol. The van der Waals surface area contributed by atoms with E-state index in [-0.39, 0.29) is 74.2 Å². The second kappa shape index (κ2) is 42.9. The molecule has 0 aliphatic carbocycles. The third kappa shape index (κ3) is 36.0. The maximum absolute atomic E-state index is 2.00. The van der Waals surface area contributed by atoms with Crippen molar-refractivity contribution < 1.29 is 0 Å². The molecule has 0 saturated heterocycles. The van der Waals surface area contributed by atoms with E-state index in [2.05, 4.69) is 0 Å². The Morgan fingerprint density at radius 2 is 0.250 bits per heavy atom. The molecule has 8 heteroatoms. The first-order valence-electron chi connectivity index (χ1n) is 4.00. The monoisotopic (exact) mass is 368 g/mol. The SMILES string of the molecule is Cl.Cl.Cl.Cl.N.N.N.N.c1ccccc1.c1ccccc1. The van der Waals surface area contributed by atoms with Gasteiger partial charge in [-0.1, -0.05) is 72.8 Å². The van der Waals surface area contributed by atoms with Crippen LogP contribution in [0.25, 0.3) is 0 Å². The van der Waals surface area contributed by atoms with Crippen molar-refractivity contribution in [3.63, 3.8) is 0 Å². The smallest absolute Gasteiger partial charge is 0.0623 e. The lowest BCUT2D eigenvalue weighted by Crippen LogP contribution is -1.47. The molecule has 0 spiro atoms. The molecule has 0 aromatic heterocycles. The molecule has 0 unspecified atom stereocenters. The van der Waals surface area contributed by atoms with Crippen LogP contribution in [0.1, 0.15) is 0 Å². The van der Waals surface area contributed by atoms with Crippen LogP contribution < -0.4 is 24.6 Å². The predicted octanol–water partition coefficient (Wildman–Crippen LogP) is 5.71. The van der Waals surface area contributed by atoms with Crippen molar-refractivity contribution in [3.8, 4) is 0 Å². The molecule has 0 amide bonds. The molecule has 0 fully saturated rings. The minimum atomic E-state index is 0. The quantitative estimate of drug-likeness (QED) is 0.471. The summed E-state index contributed by atoms with van der Waals surface area (Å²) in [6.07, 6.45) is 0. The van der Waals surface area contributed by atoms with Crippen LogP contribution in [0, 0.1) is 0 Å². The summed E-state index contributed by atoms with van der Waals surface area (Å²) in [4.78, 5) is 0. The van der Waals surface area contributed by atoms with Crippen LogP contribution in [0.3, 0.4) is 0 Å². The van der Waals surface area contributed by atoms with Gasteiger partial charge in [0.15, 0.2) is 0 Å². The Hall–Kier alpha value is -0.560. The molecule has 2 aromatic rings. The fraction of sp³-hybridized carbons (Fsp3) is 0. The average Bonchev–Trinajstić information content (AvgIpc) is 2.24. The summed E-state index contributed by atoms with van der Waals surface area (Å²) in [5.74, 6) is 0. The largest absolute Gasteiger partial charge is 0.344 e. The summed E-state index contributed by atoms with van der Waals surface area (Å²) in [7, 11) is 0. The van der Waals surface area contributed by atoms with E-state index in [0.29, 0.717) is 0 Å². The highest BCUT2D eigenvalue weighted by atomic mass is 35.5. The van der Waals surface area contributed by atoms with Gasteiger partial charge in [-0.25, -0.2) is 0 Å². The Bertz CT molecular complexity index is 203. The highest BCUT2D eigenvalue weighted by Gasteiger charge is 1.58. The van der Waals surface area contributed by atoms with Gasteiger partial charge in [0.2, 0.25) is 0 Å². The first-order valence-corrected chi connectivity index (χ1v) is 4.00. The zero-order valence-corrected chi connectivity index (χ0v) is 14.7. The van der Waals surface area contributed by atoms with E-state index in [9.17, 15) is 0 Å². The summed E-state index contributed by atoms with van der Waals surface area (Å²) in [5, 5.41) is 0. The van der Waals surface area contributed by atoms with Crippen LogP contribution in [0.15, 0.2) is 72.8 Å². The molecule has 124 valence electrons. The second-order valence-electron chi connectivity index (χ2n) is 2.31. The first-order chi connectivity index (χ1) is 6.00. The number of hydrogen-bond donors (Lipinski definition) is 4. The Balaban J connectivity index is -0.0000000171. The van der Waals surface area contributed by atoms with Crippen LogP contribution in [-0.4, -0.2) is 0 Å². The van der Waals surface area contributed by atoms with Gasteiger partial charge in [0.05, 0.1) is 0 Å². The maximum atomic E-state index is 2.00. The van der Waals surface area contributed by atoms with E-state index in [1.165, 1.54) is 0 Å². The summed E-state index contributed by atoms with van der Waals surface area (Å²) in [6, 6.07) is 24.0. The van der Waals surface area contributed by atoms with E-state index in [4.69, 9.17) is 0 Å². The number of halogens is 4. The molecule has 0 atom stereocenters. The van der Waals surface area contributed by atoms with Gasteiger partial charge in [0.1, 0.15) is 0 Å². The zero-order chi connectivity index (χ0) is 8.49. The summed E-state index contributed by atoms with van der Waals surface area (Å²) >= 11 is 0. The van der Waals surface area contributed by atoms with Crippen molar-refractivity contribution in [1.82, 2.24) is 24.6 Å². The molecular weight excluding hydrogens is 342 g/mol. The highest BCUT2D eigenvalue weighted by molar-refractivity contribution is 5.86. The molecule has 2 aromatic carbocycles.